The lowest BCUT2D eigenvalue weighted by atomic mass is 9.92. The molecule has 0 saturated carbocycles. The summed E-state index contributed by atoms with van der Waals surface area (Å²) < 4.78 is 65.8. The molecule has 2 fully saturated rings. The summed E-state index contributed by atoms with van der Waals surface area (Å²) in [4.78, 5) is 21.5. The lowest BCUT2D eigenvalue weighted by Gasteiger charge is -2.43. The average molecular weight is 365 g/mol. The Hall–Kier alpha value is -2.04. The van der Waals surface area contributed by atoms with Gasteiger partial charge in [-0.15, -0.1) is 0 Å². The second-order valence-corrected chi connectivity index (χ2v) is 6.12. The van der Waals surface area contributed by atoms with Gasteiger partial charge in [-0.05, 0) is 0 Å². The van der Waals surface area contributed by atoms with E-state index in [4.69, 9.17) is 0 Å². The van der Waals surface area contributed by atoms with Crippen LogP contribution in [-0.4, -0.2) is 66.0 Å². The molecule has 25 heavy (non-hydrogen) atoms. The molecule has 0 spiro atoms. The zero-order valence-electron chi connectivity index (χ0n) is 13.0. The number of halogens is 5. The molecular weight excluding hydrogens is 349 g/mol. The zero-order chi connectivity index (χ0) is 18.2. The Balaban J connectivity index is 1.79. The van der Waals surface area contributed by atoms with Crippen LogP contribution < -0.4 is 10.2 Å². The van der Waals surface area contributed by atoms with E-state index in [2.05, 4.69) is 15.3 Å². The van der Waals surface area contributed by atoms with Gasteiger partial charge in [0.05, 0.1) is 24.1 Å². The molecule has 1 amide bonds. The van der Waals surface area contributed by atoms with Gasteiger partial charge < -0.3 is 15.1 Å². The van der Waals surface area contributed by atoms with Crippen molar-refractivity contribution in [2.75, 3.05) is 37.6 Å². The summed E-state index contributed by atoms with van der Waals surface area (Å²) in [6.07, 6.45) is -2.69. The molecule has 3 heterocycles. The number of amides is 1. The monoisotopic (exact) mass is 365 g/mol. The number of hydrogen-bond acceptors (Lipinski definition) is 5. The first-order chi connectivity index (χ1) is 11.7. The summed E-state index contributed by atoms with van der Waals surface area (Å²) in [5, 5.41) is 2.62. The summed E-state index contributed by atoms with van der Waals surface area (Å²) in [5.74, 6) is -4.01. The third-order valence-electron chi connectivity index (χ3n) is 4.58. The van der Waals surface area contributed by atoms with E-state index in [1.165, 1.54) is 9.80 Å². The summed E-state index contributed by atoms with van der Waals surface area (Å²) in [6.45, 7) is 0.0604. The number of anilines is 1. The van der Waals surface area contributed by atoms with Crippen LogP contribution in [-0.2, 0) is 11.0 Å². The average Bonchev–Trinajstić information content (AvgIpc) is 2.92. The third-order valence-corrected chi connectivity index (χ3v) is 4.58. The van der Waals surface area contributed by atoms with E-state index in [9.17, 15) is 26.7 Å². The Kier molecular flexibility index (Phi) is 4.52. The fraction of sp³-hybridized carbons (Fsp3) is 0.643. The highest BCUT2D eigenvalue weighted by molar-refractivity contribution is 5.50. The number of nitrogens with one attached hydrogen (secondary N) is 1. The normalized spacial score (nSPS) is 26.8. The number of nitrogens with zero attached hydrogens (tertiary/aromatic N) is 4. The third kappa shape index (κ3) is 3.51. The predicted octanol–water partition coefficient (Wildman–Crippen LogP) is 0.997. The van der Waals surface area contributed by atoms with Gasteiger partial charge in [-0.1, -0.05) is 0 Å². The summed E-state index contributed by atoms with van der Waals surface area (Å²) in [5.41, 5.74) is -0.981. The van der Waals surface area contributed by atoms with Crippen LogP contribution in [0.3, 0.4) is 0 Å². The molecule has 0 aromatic carbocycles. The van der Waals surface area contributed by atoms with Crippen molar-refractivity contribution in [1.29, 1.82) is 0 Å². The van der Waals surface area contributed by atoms with Crippen LogP contribution in [0.25, 0.3) is 0 Å². The largest absolute Gasteiger partial charge is 0.419 e. The molecule has 6 nitrogen and oxygen atoms in total. The van der Waals surface area contributed by atoms with Crippen LogP contribution in [0, 0.1) is 5.92 Å². The molecule has 11 heteroatoms. The number of hydrogen-bond donors (Lipinski definition) is 1. The molecule has 0 bridgehead atoms. The lowest BCUT2D eigenvalue weighted by molar-refractivity contribution is -0.138. The van der Waals surface area contributed by atoms with Gasteiger partial charge in [0.15, 0.2) is 0 Å². The van der Waals surface area contributed by atoms with E-state index in [0.29, 0.717) is 18.8 Å². The second kappa shape index (κ2) is 6.36. The van der Waals surface area contributed by atoms with Crippen molar-refractivity contribution in [2.24, 2.45) is 5.92 Å². The minimum atomic E-state index is -4.55. The highest BCUT2D eigenvalue weighted by Gasteiger charge is 2.50. The van der Waals surface area contributed by atoms with Gasteiger partial charge in [0.2, 0.25) is 12.4 Å². The van der Waals surface area contributed by atoms with Crippen molar-refractivity contribution in [3.63, 3.8) is 0 Å². The van der Waals surface area contributed by atoms with Gasteiger partial charge in [0, 0.05) is 38.6 Å². The molecule has 2 saturated heterocycles. The highest BCUT2D eigenvalue weighted by atomic mass is 19.4. The van der Waals surface area contributed by atoms with Crippen molar-refractivity contribution >= 4 is 12.4 Å². The minimum Gasteiger partial charge on any atom is -0.338 e. The number of carbonyl (C=O) groups is 1. The van der Waals surface area contributed by atoms with Crippen molar-refractivity contribution in [3.8, 4) is 0 Å². The first-order valence-electron chi connectivity index (χ1n) is 7.66. The van der Waals surface area contributed by atoms with Crippen LogP contribution in [0.5, 0.6) is 0 Å². The molecule has 1 aromatic heterocycles. The molecular formula is C14H16F5N5O. The molecule has 2 atom stereocenters. The van der Waals surface area contributed by atoms with Gasteiger partial charge in [-0.25, -0.2) is 18.7 Å². The Morgan fingerprint density at radius 1 is 1.24 bits per heavy atom. The molecule has 2 aliphatic heterocycles. The standard InChI is InChI=1S/C14H16F5N5O/c15-13(16)7-20-5-10(13)11-6-23(1-2-24(11)8-25)12-21-3-9(4-22-12)14(17,18)19/h3-4,8,10-11,20H,1-2,5-7H2. The maximum atomic E-state index is 14.0. The number of carbonyl (C=O) groups excluding carboxylic acids is 1. The highest BCUT2D eigenvalue weighted by Crippen LogP contribution is 2.34. The molecule has 0 aliphatic carbocycles. The van der Waals surface area contributed by atoms with E-state index in [0.717, 1.165) is 0 Å². The fourth-order valence-electron chi connectivity index (χ4n) is 3.22. The topological polar surface area (TPSA) is 61.4 Å². The van der Waals surface area contributed by atoms with E-state index >= 15 is 0 Å². The molecule has 1 N–H and O–H groups in total. The first-order valence-corrected chi connectivity index (χ1v) is 7.66. The molecule has 0 radical (unpaired) electrons. The Morgan fingerprint density at radius 2 is 1.92 bits per heavy atom. The molecule has 1 aromatic rings. The molecule has 2 aliphatic rings. The maximum absolute atomic E-state index is 14.0. The van der Waals surface area contributed by atoms with Crippen molar-refractivity contribution in [1.82, 2.24) is 20.2 Å². The lowest BCUT2D eigenvalue weighted by Crippen LogP contribution is -2.58. The summed E-state index contributed by atoms with van der Waals surface area (Å²) in [7, 11) is 0. The van der Waals surface area contributed by atoms with Crippen molar-refractivity contribution in [2.45, 2.75) is 18.1 Å². The molecule has 138 valence electrons. The Bertz CT molecular complexity index is 623. The van der Waals surface area contributed by atoms with Crippen LogP contribution >= 0.6 is 0 Å². The second-order valence-electron chi connectivity index (χ2n) is 6.12. The Morgan fingerprint density at radius 3 is 2.44 bits per heavy atom. The quantitative estimate of drug-likeness (QED) is 0.640. The van der Waals surface area contributed by atoms with E-state index in [-0.39, 0.29) is 32.1 Å². The summed E-state index contributed by atoms with van der Waals surface area (Å²) in [6, 6.07) is -0.776. The van der Waals surface area contributed by atoms with Crippen LogP contribution in [0.4, 0.5) is 27.9 Å². The number of rotatable bonds is 3. The van der Waals surface area contributed by atoms with Gasteiger partial charge in [-0.3, -0.25) is 4.79 Å². The minimum absolute atomic E-state index is 0.0258. The maximum Gasteiger partial charge on any atom is 0.419 e. The van der Waals surface area contributed by atoms with Gasteiger partial charge in [-0.2, -0.15) is 13.2 Å². The van der Waals surface area contributed by atoms with Crippen LogP contribution in [0.2, 0.25) is 0 Å². The van der Waals surface area contributed by atoms with Crippen LogP contribution in [0.1, 0.15) is 5.56 Å². The number of alkyl halides is 5. The van der Waals surface area contributed by atoms with Gasteiger partial charge in [0.25, 0.3) is 5.92 Å². The fourth-order valence-corrected chi connectivity index (χ4v) is 3.22. The Labute approximate surface area is 140 Å². The SMILES string of the molecule is O=CN1CCN(c2ncc(C(F)(F)F)cn2)CC1C1CNCC1(F)F. The molecule has 3 rings (SSSR count). The summed E-state index contributed by atoms with van der Waals surface area (Å²) >= 11 is 0. The van der Waals surface area contributed by atoms with Crippen molar-refractivity contribution in [3.05, 3.63) is 18.0 Å². The predicted molar refractivity (Wildman–Crippen MR) is 77.1 cm³/mol. The van der Waals surface area contributed by atoms with E-state index in [1.807, 2.05) is 0 Å². The van der Waals surface area contributed by atoms with E-state index < -0.39 is 36.2 Å². The smallest absolute Gasteiger partial charge is 0.338 e. The number of aromatic nitrogens is 2. The van der Waals surface area contributed by atoms with E-state index in [1.54, 1.807) is 0 Å². The van der Waals surface area contributed by atoms with Crippen LogP contribution in [0.15, 0.2) is 12.4 Å². The first kappa shape index (κ1) is 17.8. The number of piperazine rings is 1. The van der Waals surface area contributed by atoms with Crippen molar-refractivity contribution < 1.29 is 26.7 Å². The molecule has 2 unspecified atom stereocenters. The van der Waals surface area contributed by atoms with Gasteiger partial charge >= 0.3 is 6.18 Å². The van der Waals surface area contributed by atoms with Gasteiger partial charge in [0.1, 0.15) is 0 Å². The zero-order valence-corrected chi connectivity index (χ0v) is 13.0.